The molecule has 0 aliphatic carbocycles. The fourth-order valence-corrected chi connectivity index (χ4v) is 4.50. The van der Waals surface area contributed by atoms with Crippen LogP contribution in [-0.4, -0.2) is 42.9 Å². The fourth-order valence-electron chi connectivity index (χ4n) is 4.23. The van der Waals surface area contributed by atoms with Gasteiger partial charge in [-0.1, -0.05) is 15.9 Å². The largest absolute Gasteiger partial charge is 0.462 e. The molecule has 4 rings (SSSR count). The van der Waals surface area contributed by atoms with E-state index in [2.05, 4.69) is 26.6 Å². The quantitative estimate of drug-likeness (QED) is 0.192. The second-order valence-electron chi connectivity index (χ2n) is 9.09. The van der Waals surface area contributed by atoms with Crippen molar-refractivity contribution >= 4 is 63.0 Å². The van der Waals surface area contributed by atoms with Crippen molar-refractivity contribution in [3.8, 4) is 0 Å². The highest BCUT2D eigenvalue weighted by Crippen LogP contribution is 2.36. The number of allylic oxidation sites excluding steroid dienone is 1. The van der Waals surface area contributed by atoms with Gasteiger partial charge in [0, 0.05) is 21.5 Å². The normalized spacial score (nSPS) is 13.7. The highest BCUT2D eigenvalue weighted by Gasteiger charge is 2.38. The number of ether oxygens (including phenoxy) is 2. The summed E-state index contributed by atoms with van der Waals surface area (Å²) in [4.78, 5) is 64.2. The number of carbonyl (C=O) groups excluding carboxylic acids is 5. The van der Waals surface area contributed by atoms with E-state index in [1.807, 2.05) is 0 Å². The molecule has 12 heteroatoms. The minimum absolute atomic E-state index is 0.0946. The van der Waals surface area contributed by atoms with Gasteiger partial charge in [-0.15, -0.1) is 0 Å². The molecule has 0 fully saturated rings. The molecular formula is C31H28BrN3O8. The molecule has 0 spiro atoms. The van der Waals surface area contributed by atoms with Crippen molar-refractivity contribution in [2.24, 2.45) is 0 Å². The van der Waals surface area contributed by atoms with Gasteiger partial charge in [-0.3, -0.25) is 19.3 Å². The Balaban J connectivity index is 1.44. The van der Waals surface area contributed by atoms with Gasteiger partial charge < -0.3 is 24.5 Å². The van der Waals surface area contributed by atoms with E-state index >= 15 is 0 Å². The predicted octanol–water partition coefficient (Wildman–Crippen LogP) is 4.74. The first-order valence-electron chi connectivity index (χ1n) is 13.3. The lowest BCUT2D eigenvalue weighted by molar-refractivity contribution is -0.138. The highest BCUT2D eigenvalue weighted by molar-refractivity contribution is 9.10. The summed E-state index contributed by atoms with van der Waals surface area (Å²) in [7, 11) is 0. The van der Waals surface area contributed by atoms with Crippen LogP contribution in [0.2, 0.25) is 0 Å². The number of carbonyl (C=O) groups is 5. The van der Waals surface area contributed by atoms with Crippen molar-refractivity contribution in [1.29, 1.82) is 0 Å². The van der Waals surface area contributed by atoms with Gasteiger partial charge >= 0.3 is 23.8 Å². The maximum Gasteiger partial charge on any atom is 0.340 e. The number of nitrogens with one attached hydrogen (secondary N) is 2. The van der Waals surface area contributed by atoms with Crippen molar-refractivity contribution in [1.82, 2.24) is 5.32 Å². The molecule has 3 amide bonds. The Hall–Kier alpha value is -4.97. The fraction of sp³-hybridized carbons (Fsp3) is 0.194. The van der Waals surface area contributed by atoms with E-state index in [4.69, 9.17) is 13.9 Å². The number of hydrogen-bond acceptors (Lipinski definition) is 8. The van der Waals surface area contributed by atoms with Crippen LogP contribution in [0.1, 0.15) is 42.6 Å². The van der Waals surface area contributed by atoms with Crippen LogP contribution in [-0.2, 0) is 35.2 Å². The molecule has 1 aliphatic heterocycles. The first kappa shape index (κ1) is 31.0. The zero-order valence-electron chi connectivity index (χ0n) is 23.6. The van der Waals surface area contributed by atoms with Crippen LogP contribution in [0.3, 0.4) is 0 Å². The SMILES string of the molecule is CCOC(=O)C1=C(C)N(c2ccc(Br)cc2)C(=O)/C1=C/c1ccc(CNC(=O)C(=O)Nc2ccc(C(=O)OCC)cc2)o1. The third-order valence-corrected chi connectivity index (χ3v) is 6.75. The smallest absolute Gasteiger partial charge is 0.340 e. The van der Waals surface area contributed by atoms with Crippen molar-refractivity contribution in [2.45, 2.75) is 27.3 Å². The van der Waals surface area contributed by atoms with Crippen LogP contribution >= 0.6 is 15.9 Å². The number of benzene rings is 2. The van der Waals surface area contributed by atoms with Crippen molar-refractivity contribution in [3.05, 3.63) is 99.1 Å². The third-order valence-electron chi connectivity index (χ3n) is 6.22. The Bertz CT molecular complexity index is 1620. The van der Waals surface area contributed by atoms with E-state index in [0.29, 0.717) is 28.4 Å². The van der Waals surface area contributed by atoms with Gasteiger partial charge in [0.25, 0.3) is 5.91 Å². The second kappa shape index (κ2) is 13.8. The van der Waals surface area contributed by atoms with Crippen LogP contribution in [0.5, 0.6) is 0 Å². The van der Waals surface area contributed by atoms with Gasteiger partial charge in [-0.2, -0.15) is 0 Å². The van der Waals surface area contributed by atoms with Crippen LogP contribution in [0.25, 0.3) is 6.08 Å². The average molecular weight is 650 g/mol. The summed E-state index contributed by atoms with van der Waals surface area (Å²) in [5, 5.41) is 4.91. The molecule has 1 aliphatic rings. The van der Waals surface area contributed by atoms with E-state index in [1.54, 1.807) is 57.2 Å². The summed E-state index contributed by atoms with van der Waals surface area (Å²) in [6, 6.07) is 16.1. The van der Waals surface area contributed by atoms with Gasteiger partial charge in [-0.25, -0.2) is 9.59 Å². The Morgan fingerprint density at radius 2 is 1.53 bits per heavy atom. The molecule has 0 saturated carbocycles. The maximum atomic E-state index is 13.5. The lowest BCUT2D eigenvalue weighted by Crippen LogP contribution is -2.34. The van der Waals surface area contributed by atoms with Gasteiger partial charge in [0.1, 0.15) is 11.5 Å². The molecule has 0 unspecified atom stereocenters. The molecule has 11 nitrogen and oxygen atoms in total. The molecule has 0 saturated heterocycles. The Labute approximate surface area is 255 Å². The number of furan rings is 1. The molecule has 0 bridgehead atoms. The van der Waals surface area contributed by atoms with Crippen LogP contribution in [0, 0.1) is 0 Å². The van der Waals surface area contributed by atoms with Gasteiger partial charge in [0.15, 0.2) is 0 Å². The van der Waals surface area contributed by atoms with Crippen LogP contribution in [0.4, 0.5) is 11.4 Å². The first-order chi connectivity index (χ1) is 20.6. The number of hydrogen-bond donors (Lipinski definition) is 2. The van der Waals surface area contributed by atoms with E-state index < -0.39 is 29.7 Å². The standard InChI is InChI=1S/C31H28BrN3O8/c1-4-41-30(39)19-6-10-21(11-7-19)34-28(37)27(36)33-17-24-15-14-23(43-24)16-25-26(31(40)42-5-2)18(3)35(29(25)38)22-12-8-20(32)9-13-22/h6-16H,4-5,17H2,1-3H3,(H,33,36)(H,34,37)/b25-16+. The van der Waals surface area contributed by atoms with Crippen molar-refractivity contribution in [3.63, 3.8) is 0 Å². The molecule has 0 atom stereocenters. The van der Waals surface area contributed by atoms with Crippen molar-refractivity contribution in [2.75, 3.05) is 23.4 Å². The summed E-state index contributed by atoms with van der Waals surface area (Å²) < 4.78 is 16.7. The average Bonchev–Trinajstić information content (AvgIpc) is 3.54. The Morgan fingerprint density at radius 1 is 0.884 bits per heavy atom. The molecule has 0 radical (unpaired) electrons. The van der Waals surface area contributed by atoms with E-state index in [-0.39, 0.29) is 36.7 Å². The van der Waals surface area contributed by atoms with E-state index in [9.17, 15) is 24.0 Å². The number of anilines is 2. The minimum Gasteiger partial charge on any atom is -0.462 e. The van der Waals surface area contributed by atoms with Crippen molar-refractivity contribution < 1.29 is 37.9 Å². The molecule has 3 aromatic rings. The van der Waals surface area contributed by atoms with Gasteiger partial charge in [0.2, 0.25) is 0 Å². The van der Waals surface area contributed by atoms with Crippen LogP contribution < -0.4 is 15.5 Å². The number of rotatable bonds is 9. The lowest BCUT2D eigenvalue weighted by Gasteiger charge is -2.17. The third kappa shape index (κ3) is 7.28. The first-order valence-corrected chi connectivity index (χ1v) is 14.1. The zero-order valence-corrected chi connectivity index (χ0v) is 25.1. The van der Waals surface area contributed by atoms with Crippen LogP contribution in [0.15, 0.2) is 86.4 Å². The number of esters is 2. The summed E-state index contributed by atoms with van der Waals surface area (Å²) >= 11 is 3.38. The molecular weight excluding hydrogens is 622 g/mol. The Morgan fingerprint density at radius 3 is 2.19 bits per heavy atom. The summed E-state index contributed by atoms with van der Waals surface area (Å²) in [6.07, 6.45) is 1.44. The molecule has 222 valence electrons. The topological polar surface area (TPSA) is 144 Å². The molecule has 1 aromatic heterocycles. The summed E-state index contributed by atoms with van der Waals surface area (Å²) in [5.74, 6) is -2.83. The number of nitrogens with zero attached hydrogens (tertiary/aromatic N) is 1. The highest BCUT2D eigenvalue weighted by atomic mass is 79.9. The lowest BCUT2D eigenvalue weighted by atomic mass is 10.1. The minimum atomic E-state index is -0.915. The zero-order chi connectivity index (χ0) is 31.1. The molecule has 2 heterocycles. The summed E-state index contributed by atoms with van der Waals surface area (Å²) in [5.41, 5.74) is 1.84. The second-order valence-corrected chi connectivity index (χ2v) is 10.0. The maximum absolute atomic E-state index is 13.5. The molecule has 43 heavy (non-hydrogen) atoms. The van der Waals surface area contributed by atoms with Gasteiger partial charge in [0.05, 0.1) is 36.5 Å². The monoisotopic (exact) mass is 649 g/mol. The number of halogens is 1. The van der Waals surface area contributed by atoms with Gasteiger partial charge in [-0.05, 0) is 87.5 Å². The molecule has 2 N–H and O–H groups in total. The summed E-state index contributed by atoms with van der Waals surface area (Å²) in [6.45, 7) is 5.29. The predicted molar refractivity (Wildman–Crippen MR) is 161 cm³/mol. The Kier molecular flexibility index (Phi) is 9.94. The molecule has 2 aromatic carbocycles. The number of amides is 3. The van der Waals surface area contributed by atoms with E-state index in [1.165, 1.54) is 35.2 Å². The van der Waals surface area contributed by atoms with E-state index in [0.717, 1.165) is 4.47 Å².